The first-order chi connectivity index (χ1) is 9.43. The molecule has 1 aromatic carbocycles. The first-order valence-corrected chi connectivity index (χ1v) is 7.65. The van der Waals surface area contributed by atoms with E-state index < -0.39 is 6.10 Å². The number of aliphatic hydroxyl groups is 1. The van der Waals surface area contributed by atoms with Crippen molar-refractivity contribution in [3.8, 4) is 0 Å². The molecule has 2 atom stereocenters. The van der Waals surface area contributed by atoms with Gasteiger partial charge in [-0.1, -0.05) is 18.2 Å². The third-order valence-electron chi connectivity index (χ3n) is 3.80. The molecule has 0 aliphatic heterocycles. The van der Waals surface area contributed by atoms with Crippen molar-refractivity contribution >= 4 is 11.3 Å². The number of aliphatic hydroxyl groups excluding tert-OH is 1. The largest absolute Gasteiger partial charge is 0.387 e. The molecule has 2 aromatic rings. The Morgan fingerprint density at radius 2 is 1.90 bits per heavy atom. The third kappa shape index (κ3) is 2.92. The molecule has 20 heavy (non-hydrogen) atoms. The van der Waals surface area contributed by atoms with Gasteiger partial charge in [-0.15, -0.1) is 11.3 Å². The Bertz CT molecular complexity index is 607. The van der Waals surface area contributed by atoms with Gasteiger partial charge in [0, 0.05) is 12.5 Å². The van der Waals surface area contributed by atoms with E-state index in [2.05, 4.69) is 37.0 Å². The highest BCUT2D eigenvalue weighted by molar-refractivity contribution is 7.11. The summed E-state index contributed by atoms with van der Waals surface area (Å²) in [6.45, 7) is 8.49. The molecule has 3 nitrogen and oxygen atoms in total. The molecule has 2 unspecified atom stereocenters. The van der Waals surface area contributed by atoms with Crippen LogP contribution in [-0.4, -0.2) is 16.6 Å². The highest BCUT2D eigenvalue weighted by Crippen LogP contribution is 2.35. The molecule has 1 heterocycles. The second-order valence-electron chi connectivity index (χ2n) is 5.31. The van der Waals surface area contributed by atoms with Crippen LogP contribution < -0.4 is 5.73 Å². The number of benzene rings is 1. The third-order valence-corrected chi connectivity index (χ3v) is 4.95. The van der Waals surface area contributed by atoms with Crippen LogP contribution in [0.15, 0.2) is 18.2 Å². The van der Waals surface area contributed by atoms with Gasteiger partial charge < -0.3 is 10.8 Å². The molecule has 3 N–H and O–H groups in total. The van der Waals surface area contributed by atoms with E-state index in [0.717, 1.165) is 21.1 Å². The van der Waals surface area contributed by atoms with Crippen LogP contribution in [0.3, 0.4) is 0 Å². The summed E-state index contributed by atoms with van der Waals surface area (Å²) in [5.74, 6) is -0.0900. The monoisotopic (exact) mass is 290 g/mol. The summed E-state index contributed by atoms with van der Waals surface area (Å²) in [6.07, 6.45) is -0.590. The van der Waals surface area contributed by atoms with E-state index in [1.165, 1.54) is 11.1 Å². The van der Waals surface area contributed by atoms with Crippen LogP contribution in [-0.2, 0) is 0 Å². The molecule has 2 rings (SSSR count). The molecule has 0 saturated carbocycles. The van der Waals surface area contributed by atoms with Crippen LogP contribution in [0.5, 0.6) is 0 Å². The molecule has 0 saturated heterocycles. The maximum absolute atomic E-state index is 10.7. The van der Waals surface area contributed by atoms with Gasteiger partial charge >= 0.3 is 0 Å². The van der Waals surface area contributed by atoms with Crippen LogP contribution in [0.4, 0.5) is 0 Å². The molecule has 1 aromatic heterocycles. The van der Waals surface area contributed by atoms with Crippen molar-refractivity contribution in [3.05, 3.63) is 50.5 Å². The molecular weight excluding hydrogens is 268 g/mol. The van der Waals surface area contributed by atoms with Crippen LogP contribution >= 0.6 is 11.3 Å². The average molecular weight is 290 g/mol. The number of hydrogen-bond acceptors (Lipinski definition) is 4. The lowest BCUT2D eigenvalue weighted by Gasteiger charge is -2.22. The van der Waals surface area contributed by atoms with E-state index in [4.69, 9.17) is 5.73 Å². The van der Waals surface area contributed by atoms with Crippen molar-refractivity contribution in [3.63, 3.8) is 0 Å². The number of aromatic nitrogens is 1. The summed E-state index contributed by atoms with van der Waals surface area (Å²) in [5, 5.41) is 11.7. The van der Waals surface area contributed by atoms with Gasteiger partial charge in [0.2, 0.25) is 0 Å². The topological polar surface area (TPSA) is 59.1 Å². The van der Waals surface area contributed by atoms with Gasteiger partial charge in [-0.3, -0.25) is 0 Å². The molecule has 4 heteroatoms. The van der Waals surface area contributed by atoms with Crippen molar-refractivity contribution in [2.24, 2.45) is 5.73 Å². The number of aryl methyl sites for hydroxylation is 4. The quantitative estimate of drug-likeness (QED) is 0.909. The average Bonchev–Trinajstić information content (AvgIpc) is 2.73. The van der Waals surface area contributed by atoms with E-state index >= 15 is 0 Å². The predicted octanol–water partition coefficient (Wildman–Crippen LogP) is 3.15. The van der Waals surface area contributed by atoms with Crippen molar-refractivity contribution in [2.45, 2.75) is 39.7 Å². The normalized spacial score (nSPS) is 14.3. The standard InChI is InChI=1S/C16H22N2OS/c1-9-5-6-13(7-10(9)2)14(8-17)15(19)16-11(3)18-12(4)20-16/h5-7,14-15,19H,8,17H2,1-4H3. The van der Waals surface area contributed by atoms with Gasteiger partial charge in [-0.2, -0.15) is 0 Å². The van der Waals surface area contributed by atoms with Gasteiger partial charge in [-0.05, 0) is 44.4 Å². The Morgan fingerprint density at radius 3 is 2.40 bits per heavy atom. The maximum atomic E-state index is 10.7. The summed E-state index contributed by atoms with van der Waals surface area (Å²) < 4.78 is 0. The van der Waals surface area contributed by atoms with E-state index in [9.17, 15) is 5.11 Å². The van der Waals surface area contributed by atoms with Crippen LogP contribution in [0.1, 0.15) is 44.3 Å². The molecule has 0 bridgehead atoms. The number of nitrogens with two attached hydrogens (primary N) is 1. The number of nitrogens with zero attached hydrogens (tertiary/aromatic N) is 1. The van der Waals surface area contributed by atoms with Crippen molar-refractivity contribution in [1.82, 2.24) is 4.98 Å². The van der Waals surface area contributed by atoms with E-state index in [0.29, 0.717) is 6.54 Å². The summed E-state index contributed by atoms with van der Waals surface area (Å²) in [7, 11) is 0. The molecule has 0 radical (unpaired) electrons. The van der Waals surface area contributed by atoms with Gasteiger partial charge in [0.15, 0.2) is 0 Å². The van der Waals surface area contributed by atoms with Crippen LogP contribution in [0, 0.1) is 27.7 Å². The SMILES string of the molecule is Cc1nc(C)c(C(O)C(CN)c2ccc(C)c(C)c2)s1. The molecule has 0 amide bonds. The fourth-order valence-electron chi connectivity index (χ4n) is 2.45. The van der Waals surface area contributed by atoms with Crippen molar-refractivity contribution in [1.29, 1.82) is 0 Å². The van der Waals surface area contributed by atoms with E-state index in [-0.39, 0.29) is 5.92 Å². The smallest absolute Gasteiger partial charge is 0.0981 e. The minimum absolute atomic E-state index is 0.0900. The first-order valence-electron chi connectivity index (χ1n) is 6.83. The minimum Gasteiger partial charge on any atom is -0.387 e. The molecule has 108 valence electrons. The van der Waals surface area contributed by atoms with E-state index in [1.807, 2.05) is 13.8 Å². The molecule has 0 aliphatic rings. The van der Waals surface area contributed by atoms with Gasteiger partial charge in [0.25, 0.3) is 0 Å². The number of rotatable bonds is 4. The van der Waals surface area contributed by atoms with E-state index in [1.54, 1.807) is 11.3 Å². The Balaban J connectivity index is 2.36. The summed E-state index contributed by atoms with van der Waals surface area (Å²) in [5.41, 5.74) is 10.4. The minimum atomic E-state index is -0.590. The predicted molar refractivity (Wildman–Crippen MR) is 84.3 cm³/mol. The summed E-state index contributed by atoms with van der Waals surface area (Å²) in [6, 6.07) is 6.27. The fraction of sp³-hybridized carbons (Fsp3) is 0.438. The molecule has 0 spiro atoms. The van der Waals surface area contributed by atoms with Crippen molar-refractivity contribution < 1.29 is 5.11 Å². The van der Waals surface area contributed by atoms with Gasteiger partial charge in [0.05, 0.1) is 21.7 Å². The highest BCUT2D eigenvalue weighted by Gasteiger charge is 2.25. The van der Waals surface area contributed by atoms with Gasteiger partial charge in [0.1, 0.15) is 0 Å². The fourth-order valence-corrected chi connectivity index (χ4v) is 3.43. The number of thiazole rings is 1. The van der Waals surface area contributed by atoms with Crippen LogP contribution in [0.25, 0.3) is 0 Å². The van der Waals surface area contributed by atoms with Gasteiger partial charge in [-0.25, -0.2) is 4.98 Å². The Morgan fingerprint density at radius 1 is 1.20 bits per heavy atom. The zero-order valence-corrected chi connectivity index (χ0v) is 13.3. The molecule has 0 aliphatic carbocycles. The lowest BCUT2D eigenvalue weighted by Crippen LogP contribution is -2.20. The molecule has 0 fully saturated rings. The first kappa shape index (κ1) is 15.2. The lowest BCUT2D eigenvalue weighted by atomic mass is 9.90. The summed E-state index contributed by atoms with van der Waals surface area (Å²) >= 11 is 1.55. The van der Waals surface area contributed by atoms with Crippen LogP contribution in [0.2, 0.25) is 0 Å². The molecular formula is C16H22N2OS. The summed E-state index contributed by atoms with van der Waals surface area (Å²) in [4.78, 5) is 5.32. The lowest BCUT2D eigenvalue weighted by molar-refractivity contribution is 0.150. The number of hydrogen-bond donors (Lipinski definition) is 2. The maximum Gasteiger partial charge on any atom is 0.0981 e. The highest BCUT2D eigenvalue weighted by atomic mass is 32.1. The zero-order chi connectivity index (χ0) is 14.9. The second kappa shape index (κ2) is 6.04. The Hall–Kier alpha value is -1.23. The van der Waals surface area contributed by atoms with Crippen molar-refractivity contribution in [2.75, 3.05) is 6.54 Å². The zero-order valence-electron chi connectivity index (χ0n) is 12.5. The second-order valence-corrected chi connectivity index (χ2v) is 6.55. The Labute approximate surface area is 124 Å². The Kier molecular flexibility index (Phi) is 4.58.